The highest BCUT2D eigenvalue weighted by molar-refractivity contribution is 6.35. The minimum absolute atomic E-state index is 0.0596. The molecule has 1 fully saturated rings. The van der Waals surface area contributed by atoms with Crippen LogP contribution in [0.25, 0.3) is 0 Å². The van der Waals surface area contributed by atoms with E-state index < -0.39 is 12.1 Å². The molecule has 2 aliphatic rings. The number of ether oxygens (including phenoxy) is 1. The Labute approximate surface area is 200 Å². The van der Waals surface area contributed by atoms with Crippen LogP contribution in [0.5, 0.6) is 5.75 Å². The smallest absolute Gasteiger partial charge is 0.271 e. The Morgan fingerprint density at radius 2 is 2.12 bits per heavy atom. The van der Waals surface area contributed by atoms with E-state index in [0.29, 0.717) is 16.7 Å². The molecule has 0 spiro atoms. The molecular weight excluding hydrogens is 466 g/mol. The van der Waals surface area contributed by atoms with Gasteiger partial charge >= 0.3 is 0 Å². The lowest BCUT2D eigenvalue weighted by atomic mass is 10.1. The maximum Gasteiger partial charge on any atom is 0.271 e. The maximum atomic E-state index is 14.7. The van der Waals surface area contributed by atoms with E-state index in [1.165, 1.54) is 36.1 Å². The molecule has 1 aliphatic heterocycles. The molecule has 2 aromatic carbocycles. The molecule has 2 aromatic rings. The van der Waals surface area contributed by atoms with Crippen molar-refractivity contribution in [1.82, 2.24) is 10.6 Å². The van der Waals surface area contributed by atoms with E-state index in [9.17, 15) is 9.18 Å². The summed E-state index contributed by atoms with van der Waals surface area (Å²) in [4.78, 5) is 17.1. The molecule has 1 amide bonds. The van der Waals surface area contributed by atoms with Crippen molar-refractivity contribution >= 4 is 41.5 Å². The van der Waals surface area contributed by atoms with Crippen LogP contribution in [0, 0.1) is 5.41 Å². The Morgan fingerprint density at radius 3 is 2.85 bits per heavy atom. The fourth-order valence-electron chi connectivity index (χ4n) is 3.34. The van der Waals surface area contributed by atoms with Gasteiger partial charge in [0, 0.05) is 21.8 Å². The Kier molecular flexibility index (Phi) is 7.11. The van der Waals surface area contributed by atoms with E-state index in [2.05, 4.69) is 15.6 Å². The summed E-state index contributed by atoms with van der Waals surface area (Å²) in [5, 5.41) is 13.2. The van der Waals surface area contributed by atoms with E-state index in [1.807, 2.05) is 18.2 Å². The molecule has 170 valence electrons. The molecule has 33 heavy (non-hydrogen) atoms. The zero-order valence-electron chi connectivity index (χ0n) is 17.4. The van der Waals surface area contributed by atoms with Crippen molar-refractivity contribution in [3.63, 3.8) is 0 Å². The van der Waals surface area contributed by atoms with Crippen LogP contribution >= 0.6 is 23.2 Å². The highest BCUT2D eigenvalue weighted by Gasteiger charge is 2.25. The van der Waals surface area contributed by atoms with E-state index in [0.717, 1.165) is 19.1 Å². The number of carbonyl (C=O) groups excluding carboxylic acids is 1. The number of nitrogens with zero attached hydrogens (tertiary/aromatic N) is 1. The highest BCUT2D eigenvalue weighted by Crippen LogP contribution is 2.41. The largest absolute Gasteiger partial charge is 0.453 e. The number of hydrogen-bond acceptors (Lipinski definition) is 5. The summed E-state index contributed by atoms with van der Waals surface area (Å²) in [5.41, 5.74) is 1.47. The highest BCUT2D eigenvalue weighted by atomic mass is 35.5. The van der Waals surface area contributed by atoms with Crippen LogP contribution in [0.3, 0.4) is 0 Å². The quantitative estimate of drug-likeness (QED) is 0.433. The number of carbonyl (C=O) groups is 1. The van der Waals surface area contributed by atoms with Crippen LogP contribution in [0.1, 0.15) is 36.1 Å². The molecule has 0 saturated heterocycles. The molecule has 0 radical (unpaired) electrons. The van der Waals surface area contributed by atoms with Gasteiger partial charge in [-0.05, 0) is 54.7 Å². The normalized spacial score (nSPS) is 17.5. The van der Waals surface area contributed by atoms with Crippen LogP contribution in [-0.2, 0) is 4.79 Å². The van der Waals surface area contributed by atoms with Gasteiger partial charge in [0.05, 0.1) is 12.8 Å². The van der Waals surface area contributed by atoms with Gasteiger partial charge in [-0.2, -0.15) is 0 Å². The number of alkyl halides is 1. The number of allylic oxidation sites excluding steroid dienone is 2. The summed E-state index contributed by atoms with van der Waals surface area (Å²) in [5.74, 6) is 1.00. The van der Waals surface area contributed by atoms with Crippen LogP contribution in [-0.4, -0.2) is 24.9 Å². The van der Waals surface area contributed by atoms with Crippen molar-refractivity contribution in [1.29, 1.82) is 5.41 Å². The molecule has 6 nitrogen and oxygen atoms in total. The Balaban J connectivity index is 1.52. The molecular formula is C24H21Cl2FN4O2. The molecule has 1 unspecified atom stereocenters. The second-order valence-electron chi connectivity index (χ2n) is 7.63. The topological polar surface area (TPSA) is 86.6 Å². The van der Waals surface area contributed by atoms with Crippen molar-refractivity contribution in [2.24, 2.45) is 4.99 Å². The fraction of sp³-hybridized carbons (Fsp3) is 0.208. The van der Waals surface area contributed by atoms with Gasteiger partial charge in [0.15, 0.2) is 11.5 Å². The second kappa shape index (κ2) is 10.2. The first-order chi connectivity index (χ1) is 15.9. The van der Waals surface area contributed by atoms with Gasteiger partial charge in [-0.1, -0.05) is 41.4 Å². The van der Waals surface area contributed by atoms with Crippen molar-refractivity contribution in [3.8, 4) is 5.75 Å². The third-order valence-corrected chi connectivity index (χ3v) is 5.73. The van der Waals surface area contributed by atoms with E-state index in [4.69, 9.17) is 33.3 Å². The van der Waals surface area contributed by atoms with Crippen LogP contribution in [0.2, 0.25) is 10.0 Å². The number of hydrogen-bond donors (Lipinski definition) is 3. The molecule has 0 bridgehead atoms. The summed E-state index contributed by atoms with van der Waals surface area (Å²) < 4.78 is 20.7. The average molecular weight is 487 g/mol. The van der Waals surface area contributed by atoms with Gasteiger partial charge in [0.2, 0.25) is 0 Å². The number of aliphatic imine (C=N–C) groups is 1. The predicted octanol–water partition coefficient (Wildman–Crippen LogP) is 5.45. The molecule has 0 aromatic heterocycles. The standard InChI is InChI=1S/C24H21Cl2FN4O2/c25-16-6-7-18(19(26)11-16)20(27)12-30-24(32)23-21(13-29-22(31-23)8-9-28)33-17-3-1-2-15(10-17)14-4-5-14/h1-3,6-11,13-14,20,28,31H,4-5,12H2,(H,30,32)/b22-8-,28-9?. The molecule has 9 heteroatoms. The zero-order chi connectivity index (χ0) is 23.4. The SMILES string of the molecule is N=C/C=C1/N=CC(Oc2cccc(C3CC3)c2)=C(C(=O)NCC(F)c2ccc(Cl)cc2Cl)N1. The molecule has 1 atom stereocenters. The van der Waals surface area contributed by atoms with Crippen LogP contribution in [0.15, 0.2) is 70.8 Å². The zero-order valence-corrected chi connectivity index (χ0v) is 19.0. The van der Waals surface area contributed by atoms with Gasteiger partial charge in [-0.3, -0.25) is 4.79 Å². The van der Waals surface area contributed by atoms with Crippen molar-refractivity contribution in [2.75, 3.05) is 6.54 Å². The first-order valence-electron chi connectivity index (χ1n) is 10.4. The van der Waals surface area contributed by atoms with Crippen molar-refractivity contribution in [3.05, 3.63) is 87.0 Å². The third-order valence-electron chi connectivity index (χ3n) is 5.17. The van der Waals surface area contributed by atoms with E-state index >= 15 is 0 Å². The lowest BCUT2D eigenvalue weighted by Crippen LogP contribution is -2.36. The first-order valence-corrected chi connectivity index (χ1v) is 11.1. The summed E-state index contributed by atoms with van der Waals surface area (Å²) >= 11 is 11.9. The second-order valence-corrected chi connectivity index (χ2v) is 8.48. The van der Waals surface area contributed by atoms with Gasteiger partial charge in [-0.15, -0.1) is 0 Å². The minimum Gasteiger partial charge on any atom is -0.453 e. The average Bonchev–Trinajstić information content (AvgIpc) is 3.64. The minimum atomic E-state index is -1.53. The first kappa shape index (κ1) is 23.0. The molecule has 1 aliphatic carbocycles. The molecule has 3 N–H and O–H groups in total. The van der Waals surface area contributed by atoms with E-state index in [1.54, 1.807) is 6.07 Å². The van der Waals surface area contributed by atoms with Crippen LogP contribution < -0.4 is 15.4 Å². The van der Waals surface area contributed by atoms with Crippen molar-refractivity contribution < 1.29 is 13.9 Å². The summed E-state index contributed by atoms with van der Waals surface area (Å²) in [6.45, 7) is -0.309. The lowest BCUT2D eigenvalue weighted by molar-refractivity contribution is -0.118. The van der Waals surface area contributed by atoms with E-state index in [-0.39, 0.29) is 34.4 Å². The predicted molar refractivity (Wildman–Crippen MR) is 128 cm³/mol. The number of halogens is 3. The Hall–Kier alpha value is -3.16. The third kappa shape index (κ3) is 5.80. The Morgan fingerprint density at radius 1 is 1.30 bits per heavy atom. The lowest BCUT2D eigenvalue weighted by Gasteiger charge is -2.20. The molecule has 1 saturated carbocycles. The molecule has 1 heterocycles. The number of amides is 1. The number of nitrogens with one attached hydrogen (secondary N) is 3. The Bertz CT molecular complexity index is 1170. The van der Waals surface area contributed by atoms with Gasteiger partial charge < -0.3 is 20.8 Å². The maximum absolute atomic E-state index is 14.7. The summed E-state index contributed by atoms with van der Waals surface area (Å²) in [6, 6.07) is 12.2. The number of benzene rings is 2. The molecule has 4 rings (SSSR count). The monoisotopic (exact) mass is 486 g/mol. The number of rotatable bonds is 8. The van der Waals surface area contributed by atoms with Crippen molar-refractivity contribution in [2.45, 2.75) is 24.9 Å². The summed E-state index contributed by atoms with van der Waals surface area (Å²) in [6.07, 6.45) is 4.60. The van der Waals surface area contributed by atoms with Gasteiger partial charge in [0.1, 0.15) is 17.7 Å². The fourth-order valence-corrected chi connectivity index (χ4v) is 3.86. The van der Waals surface area contributed by atoms with Gasteiger partial charge in [0.25, 0.3) is 5.91 Å². The van der Waals surface area contributed by atoms with Gasteiger partial charge in [-0.25, -0.2) is 9.38 Å². The van der Waals surface area contributed by atoms with Crippen LogP contribution in [0.4, 0.5) is 4.39 Å². The summed E-state index contributed by atoms with van der Waals surface area (Å²) in [7, 11) is 0.